The molecule has 0 bridgehead atoms. The molecule has 2 aromatic rings. The molecule has 0 heterocycles. The van der Waals surface area contributed by atoms with Gasteiger partial charge in [-0.15, -0.1) is 6.42 Å². The van der Waals surface area contributed by atoms with E-state index in [-0.39, 0.29) is 5.82 Å². The molecule has 0 spiro atoms. The van der Waals surface area contributed by atoms with E-state index in [9.17, 15) is 4.39 Å². The Hall–Kier alpha value is -3.12. The largest absolute Gasteiger partial charge is 0.370 e. The lowest BCUT2D eigenvalue weighted by Crippen LogP contribution is -2.17. The normalized spacial score (nSPS) is 11.5. The van der Waals surface area contributed by atoms with Crippen LogP contribution in [0.25, 0.3) is 5.70 Å². The van der Waals surface area contributed by atoms with Gasteiger partial charge in [-0.2, -0.15) is 0 Å². The summed E-state index contributed by atoms with van der Waals surface area (Å²) >= 11 is 0. The first-order valence-electron chi connectivity index (χ1n) is 9.36. The standard InChI is InChI=1S/C25H27FN2/c1-7-11-24(22-14-18(5)25(27-10-4)23(26)16-22)28(6)17-21-13-12-19(8-2)15-20(21)9-3/h2,7,10-16H,1,9,17H2,3-6H3/b24-11-,27-10?. The lowest BCUT2D eigenvalue weighted by molar-refractivity contribution is 0.472. The zero-order valence-corrected chi connectivity index (χ0v) is 17.1. The average Bonchev–Trinajstić information content (AvgIpc) is 2.68. The molecule has 0 amide bonds. The fourth-order valence-corrected chi connectivity index (χ4v) is 3.27. The van der Waals surface area contributed by atoms with Crippen LogP contribution in [0, 0.1) is 25.1 Å². The van der Waals surface area contributed by atoms with Gasteiger partial charge in [0, 0.05) is 36.6 Å². The second kappa shape index (κ2) is 9.71. The van der Waals surface area contributed by atoms with Gasteiger partial charge in [0.25, 0.3) is 0 Å². The third kappa shape index (κ3) is 4.78. The summed E-state index contributed by atoms with van der Waals surface area (Å²) in [5, 5.41) is 0. The van der Waals surface area contributed by atoms with Crippen molar-refractivity contribution in [3.8, 4) is 12.3 Å². The highest BCUT2D eigenvalue weighted by Gasteiger charge is 2.14. The summed E-state index contributed by atoms with van der Waals surface area (Å²) in [6, 6.07) is 9.58. The quantitative estimate of drug-likeness (QED) is 0.327. The molecule has 0 aliphatic rings. The topological polar surface area (TPSA) is 15.6 Å². The van der Waals surface area contributed by atoms with E-state index in [1.165, 1.54) is 17.2 Å². The highest BCUT2D eigenvalue weighted by Crippen LogP contribution is 2.29. The third-order valence-corrected chi connectivity index (χ3v) is 4.66. The van der Waals surface area contributed by atoms with E-state index in [0.29, 0.717) is 12.2 Å². The lowest BCUT2D eigenvalue weighted by Gasteiger charge is -2.25. The minimum atomic E-state index is -0.330. The zero-order valence-electron chi connectivity index (χ0n) is 17.1. The van der Waals surface area contributed by atoms with Gasteiger partial charge in [-0.1, -0.05) is 31.6 Å². The number of halogens is 1. The van der Waals surface area contributed by atoms with E-state index < -0.39 is 0 Å². The molecule has 0 radical (unpaired) electrons. The summed E-state index contributed by atoms with van der Waals surface area (Å²) in [6.07, 6.45) is 11.6. The summed E-state index contributed by atoms with van der Waals surface area (Å²) in [4.78, 5) is 6.23. The minimum Gasteiger partial charge on any atom is -0.370 e. The fraction of sp³-hybridized carbons (Fsp3) is 0.240. The molecule has 0 unspecified atom stereocenters. The maximum Gasteiger partial charge on any atom is 0.149 e. The van der Waals surface area contributed by atoms with Crippen molar-refractivity contribution in [1.82, 2.24) is 4.90 Å². The summed E-state index contributed by atoms with van der Waals surface area (Å²) in [5.41, 5.74) is 6.17. The van der Waals surface area contributed by atoms with Gasteiger partial charge in [0.15, 0.2) is 0 Å². The first kappa shape index (κ1) is 21.2. The third-order valence-electron chi connectivity index (χ3n) is 4.66. The maximum atomic E-state index is 14.6. The van der Waals surface area contributed by atoms with Crippen LogP contribution in [0.4, 0.5) is 10.1 Å². The number of aliphatic imine (C=N–C) groups is 1. The highest BCUT2D eigenvalue weighted by molar-refractivity contribution is 5.70. The van der Waals surface area contributed by atoms with Crippen molar-refractivity contribution in [3.05, 3.63) is 82.7 Å². The molecular weight excluding hydrogens is 347 g/mol. The summed E-state index contributed by atoms with van der Waals surface area (Å²) in [7, 11) is 2.00. The van der Waals surface area contributed by atoms with Gasteiger partial charge < -0.3 is 4.90 Å². The molecule has 0 N–H and O–H groups in total. The number of aryl methyl sites for hydroxylation is 2. The van der Waals surface area contributed by atoms with Crippen LogP contribution in [-0.4, -0.2) is 18.2 Å². The van der Waals surface area contributed by atoms with Crippen molar-refractivity contribution in [3.63, 3.8) is 0 Å². The van der Waals surface area contributed by atoms with Gasteiger partial charge >= 0.3 is 0 Å². The number of benzene rings is 2. The monoisotopic (exact) mass is 374 g/mol. The number of hydrogen-bond acceptors (Lipinski definition) is 2. The van der Waals surface area contributed by atoms with Crippen LogP contribution in [-0.2, 0) is 13.0 Å². The average molecular weight is 375 g/mol. The van der Waals surface area contributed by atoms with Gasteiger partial charge in [-0.3, -0.25) is 4.99 Å². The summed E-state index contributed by atoms with van der Waals surface area (Å²) in [5.74, 6) is 2.36. The predicted octanol–water partition coefficient (Wildman–Crippen LogP) is 6.06. The van der Waals surface area contributed by atoms with Crippen molar-refractivity contribution in [2.75, 3.05) is 7.05 Å². The van der Waals surface area contributed by atoms with Gasteiger partial charge in [0.2, 0.25) is 0 Å². The molecule has 0 aliphatic heterocycles. The molecule has 0 fully saturated rings. The predicted molar refractivity (Wildman–Crippen MR) is 118 cm³/mol. The van der Waals surface area contributed by atoms with Crippen LogP contribution >= 0.6 is 0 Å². The van der Waals surface area contributed by atoms with Gasteiger partial charge in [-0.05, 0) is 67.3 Å². The number of rotatable bonds is 7. The molecule has 0 saturated heterocycles. The fourth-order valence-electron chi connectivity index (χ4n) is 3.27. The Morgan fingerprint density at radius 3 is 2.61 bits per heavy atom. The van der Waals surface area contributed by atoms with Crippen molar-refractivity contribution < 1.29 is 4.39 Å². The van der Waals surface area contributed by atoms with Gasteiger partial charge in [0.05, 0.1) is 0 Å². The molecule has 0 atom stereocenters. The summed E-state index contributed by atoms with van der Waals surface area (Å²) < 4.78 is 14.6. The van der Waals surface area contributed by atoms with Crippen LogP contribution in [0.3, 0.4) is 0 Å². The molecule has 144 valence electrons. The molecule has 28 heavy (non-hydrogen) atoms. The van der Waals surface area contributed by atoms with Crippen molar-refractivity contribution in [2.45, 2.75) is 33.7 Å². The second-order valence-electron chi connectivity index (χ2n) is 6.64. The first-order chi connectivity index (χ1) is 13.4. The number of terminal acetylenes is 1. The molecule has 2 rings (SSSR count). The molecule has 2 aromatic carbocycles. The molecule has 0 aliphatic carbocycles. The van der Waals surface area contributed by atoms with Crippen LogP contribution in [0.15, 0.2) is 54.1 Å². The Balaban J connectivity index is 2.41. The number of hydrogen-bond donors (Lipinski definition) is 0. The van der Waals surface area contributed by atoms with E-state index in [4.69, 9.17) is 6.42 Å². The number of allylic oxidation sites excluding steroid dienone is 2. The van der Waals surface area contributed by atoms with Crippen LogP contribution in [0.1, 0.15) is 41.7 Å². The zero-order chi connectivity index (χ0) is 20.7. The highest BCUT2D eigenvalue weighted by atomic mass is 19.1. The van der Waals surface area contributed by atoms with Gasteiger partial charge in [-0.25, -0.2) is 4.39 Å². The molecule has 0 saturated carbocycles. The van der Waals surface area contributed by atoms with E-state index in [0.717, 1.165) is 28.8 Å². The van der Waals surface area contributed by atoms with E-state index >= 15 is 0 Å². The van der Waals surface area contributed by atoms with Crippen molar-refractivity contribution in [2.24, 2.45) is 4.99 Å². The molecule has 2 nitrogen and oxygen atoms in total. The van der Waals surface area contributed by atoms with Crippen molar-refractivity contribution in [1.29, 1.82) is 0 Å². The summed E-state index contributed by atoms with van der Waals surface area (Å²) in [6.45, 7) is 10.3. The Morgan fingerprint density at radius 2 is 2.04 bits per heavy atom. The van der Waals surface area contributed by atoms with E-state index in [1.807, 2.05) is 32.2 Å². The first-order valence-corrected chi connectivity index (χ1v) is 9.36. The van der Waals surface area contributed by atoms with Crippen molar-refractivity contribution >= 4 is 17.6 Å². The smallest absolute Gasteiger partial charge is 0.149 e. The van der Waals surface area contributed by atoms with E-state index in [1.54, 1.807) is 19.2 Å². The van der Waals surface area contributed by atoms with Crippen LogP contribution < -0.4 is 0 Å². The Bertz CT molecular complexity index is 938. The SMILES string of the molecule is C#Cc1ccc(CN(C)/C(=C\C=C)c2cc(C)c(N=CC)c(F)c2)c(CC)c1. The Labute approximate surface area is 168 Å². The minimum absolute atomic E-state index is 0.330. The maximum absolute atomic E-state index is 14.6. The lowest BCUT2D eigenvalue weighted by atomic mass is 10.0. The van der Waals surface area contributed by atoms with E-state index in [2.05, 4.69) is 41.4 Å². The number of nitrogens with zero attached hydrogens (tertiary/aromatic N) is 2. The van der Waals surface area contributed by atoms with Crippen LogP contribution in [0.5, 0.6) is 0 Å². The molecule has 0 aromatic heterocycles. The Kier molecular flexibility index (Phi) is 7.35. The van der Waals surface area contributed by atoms with Crippen LogP contribution in [0.2, 0.25) is 0 Å². The Morgan fingerprint density at radius 1 is 1.29 bits per heavy atom. The second-order valence-corrected chi connectivity index (χ2v) is 6.64. The molecular formula is C25H27FN2. The molecule has 3 heteroatoms. The van der Waals surface area contributed by atoms with Gasteiger partial charge in [0.1, 0.15) is 11.5 Å².